The Labute approximate surface area is 437 Å². The molecule has 6 N–H and O–H groups in total. The van der Waals surface area contributed by atoms with Crippen molar-refractivity contribution in [2.24, 2.45) is 5.92 Å². The Morgan fingerprint density at radius 2 is 1.26 bits per heavy atom. The number of thioether (sulfide) groups is 1. The average Bonchev–Trinajstić information content (AvgIpc) is 3.52. The van der Waals surface area contributed by atoms with Gasteiger partial charge in [0.05, 0.1) is 32.2 Å². The molecule has 0 bridgehead atoms. The van der Waals surface area contributed by atoms with Crippen molar-refractivity contribution >= 4 is 71.0 Å². The molecule has 0 saturated carbocycles. The van der Waals surface area contributed by atoms with E-state index in [2.05, 4.69) is 10.6 Å². The van der Waals surface area contributed by atoms with Crippen LogP contribution in [0.4, 0.5) is 0 Å². The maximum absolute atomic E-state index is 13.9. The number of nitrogens with zero attached hydrogens (tertiary/aromatic N) is 6. The Bertz CT molecular complexity index is 1980. The van der Waals surface area contributed by atoms with Crippen molar-refractivity contribution in [1.29, 1.82) is 0 Å². The van der Waals surface area contributed by atoms with Crippen LogP contribution >= 0.6 is 11.8 Å². The van der Waals surface area contributed by atoms with E-state index in [0.717, 1.165) is 5.56 Å². The molecule has 3 aliphatic rings. The summed E-state index contributed by atoms with van der Waals surface area (Å²) in [5.41, 5.74) is 1.80. The summed E-state index contributed by atoms with van der Waals surface area (Å²) in [6.07, 6.45) is 2.81. The molecule has 3 heterocycles. The Balaban J connectivity index is 0.0000126. The number of benzene rings is 1. The minimum atomic E-state index is -1.26. The van der Waals surface area contributed by atoms with Gasteiger partial charge in [0.1, 0.15) is 6.04 Å². The molecule has 0 aromatic heterocycles. The summed E-state index contributed by atoms with van der Waals surface area (Å²) in [5.74, 6) is -6.55. The first-order valence-electron chi connectivity index (χ1n) is 23.0. The summed E-state index contributed by atoms with van der Waals surface area (Å²) in [5, 5.41) is 43.6. The third-order valence-corrected chi connectivity index (χ3v) is 13.0. The van der Waals surface area contributed by atoms with Crippen LogP contribution in [0.5, 0.6) is 0 Å². The third-order valence-electron chi connectivity index (χ3n) is 12.4. The number of hydrogen-bond acceptors (Lipinski definition) is 15. The first-order valence-corrected chi connectivity index (χ1v) is 24.4. The smallest absolute Gasteiger partial charge is 0.326 e. The topological polar surface area (TPSA) is 295 Å². The Kier molecular flexibility index (Phi) is 25.6. The van der Waals surface area contributed by atoms with Crippen LogP contribution in [0.25, 0.3) is 0 Å². The molecule has 5 amide bonds. The number of imide groups is 1. The molecule has 3 atom stereocenters. The monoisotopic (exact) mass is 1130 g/mol. The van der Waals surface area contributed by atoms with Crippen LogP contribution in [0.3, 0.4) is 0 Å². The molecule has 3 aliphatic heterocycles. The molecule has 2 fully saturated rings. The molecule has 4 rings (SSSR count). The van der Waals surface area contributed by atoms with E-state index in [0.29, 0.717) is 36.1 Å². The summed E-state index contributed by atoms with van der Waals surface area (Å²) < 4.78 is 0. The number of carboxylic acids is 4. The zero-order valence-corrected chi connectivity index (χ0v) is 42.3. The second-order valence-corrected chi connectivity index (χ2v) is 18.5. The van der Waals surface area contributed by atoms with Crippen LogP contribution in [0.1, 0.15) is 73.4 Å². The van der Waals surface area contributed by atoms with Gasteiger partial charge in [0.2, 0.25) is 23.6 Å². The van der Waals surface area contributed by atoms with Gasteiger partial charge >= 0.3 is 23.9 Å². The number of carbonyl (C=O) groups excluding carboxylic acids is 6. The second-order valence-electron chi connectivity index (χ2n) is 17.5. The molecule has 0 radical (unpaired) electrons. The number of nitrogens with one attached hydrogen (secondary N) is 2. The number of aliphatic carboxylic acids is 4. The average molecular weight is 1130 g/mol. The standard InChI is InChI=1S/C45H66N8O14S.Gd/c1-30-24-38(56)53(44(30)65)13-4-3-8-35(45(66)67)46-37(55)10-9-36(54)34(12-23-68-2)47-43(64)33-7-5-6-31-25-52(14-11-32(31)33)39(57)26-48-15-17-49(27-40(58)59)19-21-51(29-42(62)63)22-20-50(18-16-48)28-41(60)61;/h5-7,30,34-35H,3-4,8-29H2,1-2H3,(H,46,55)(H,47,64)(H,58,59)(H,60,61)(H,62,63)(H,66,67);/t30?,34-,35-;/m0./s1. The SMILES string of the molecule is CSCC[C@H](NC(=O)c1cccc2c1CCN(C(=O)CN1CCN(CC(=O)O)CCN(CC(=O)O)CCN(CC(=O)O)CC1)C2)C(=O)CCC(=O)N[C@@H](CCCCN1C(=O)CC(C)C1=O)C(=O)O.[Gd]. The van der Waals surface area contributed by atoms with E-state index in [-0.39, 0.29) is 194 Å². The van der Waals surface area contributed by atoms with E-state index in [1.807, 2.05) is 17.2 Å². The van der Waals surface area contributed by atoms with Crippen LogP contribution in [0.2, 0.25) is 0 Å². The molecule has 1 unspecified atom stereocenters. The van der Waals surface area contributed by atoms with Crippen molar-refractivity contribution in [3.63, 3.8) is 0 Å². The number of rotatable bonds is 24. The molecule has 69 heavy (non-hydrogen) atoms. The van der Waals surface area contributed by atoms with Gasteiger partial charge in [0.15, 0.2) is 5.78 Å². The van der Waals surface area contributed by atoms with E-state index in [1.54, 1.807) is 38.7 Å². The molecule has 1 aromatic rings. The Morgan fingerprint density at radius 3 is 1.75 bits per heavy atom. The Morgan fingerprint density at radius 1 is 0.710 bits per heavy atom. The Hall–Kier alpha value is -4.17. The molecule has 0 spiro atoms. The van der Waals surface area contributed by atoms with Gasteiger partial charge in [-0.15, -0.1) is 0 Å². The predicted molar refractivity (Wildman–Crippen MR) is 247 cm³/mol. The third kappa shape index (κ3) is 19.9. The number of carbonyl (C=O) groups is 10. The predicted octanol–water partition coefficient (Wildman–Crippen LogP) is -0.618. The summed E-state index contributed by atoms with van der Waals surface area (Å²) in [4.78, 5) is 135. The van der Waals surface area contributed by atoms with Crippen LogP contribution < -0.4 is 10.6 Å². The number of hydrogen-bond donors (Lipinski definition) is 6. The normalized spacial score (nSPS) is 18.7. The summed E-state index contributed by atoms with van der Waals surface area (Å²) >= 11 is 1.47. The van der Waals surface area contributed by atoms with Crippen LogP contribution in [-0.2, 0) is 56.1 Å². The number of Topliss-reactive ketones (excluding diaryl/α,β-unsaturated/α-hetero) is 1. The van der Waals surface area contributed by atoms with Gasteiger partial charge in [-0.05, 0) is 61.3 Å². The molecule has 24 heteroatoms. The van der Waals surface area contributed by atoms with Crippen molar-refractivity contribution in [3.8, 4) is 0 Å². The van der Waals surface area contributed by atoms with Gasteiger partial charge in [-0.2, -0.15) is 11.8 Å². The largest absolute Gasteiger partial charge is 0.480 e. The number of fused-ring (bicyclic) bond motifs is 1. The van der Waals surface area contributed by atoms with E-state index in [1.165, 1.54) is 16.7 Å². The summed E-state index contributed by atoms with van der Waals surface area (Å²) in [6.45, 7) is 3.48. The fourth-order valence-electron chi connectivity index (χ4n) is 8.53. The van der Waals surface area contributed by atoms with Crippen LogP contribution in [0.15, 0.2) is 18.2 Å². The summed E-state index contributed by atoms with van der Waals surface area (Å²) in [7, 11) is 0. The zero-order chi connectivity index (χ0) is 49.9. The van der Waals surface area contributed by atoms with E-state index in [9.17, 15) is 68.4 Å². The second kappa shape index (κ2) is 29.9. The molecule has 2 saturated heterocycles. The van der Waals surface area contributed by atoms with Gasteiger partial charge in [-0.25, -0.2) is 4.79 Å². The van der Waals surface area contributed by atoms with E-state index < -0.39 is 53.6 Å². The molecule has 22 nitrogen and oxygen atoms in total. The van der Waals surface area contributed by atoms with Gasteiger partial charge in [-0.1, -0.05) is 19.1 Å². The first-order chi connectivity index (χ1) is 32.3. The van der Waals surface area contributed by atoms with E-state index in [4.69, 9.17) is 0 Å². The van der Waals surface area contributed by atoms with Crippen LogP contribution in [0, 0.1) is 45.9 Å². The van der Waals surface area contributed by atoms with Crippen molar-refractivity contribution in [3.05, 3.63) is 34.9 Å². The molecule has 0 aliphatic carbocycles. The molecular formula is C45H66GdN8O14S. The molecular weight excluding hydrogens is 1070 g/mol. The van der Waals surface area contributed by atoms with Crippen molar-refractivity contribution in [2.45, 2.75) is 76.9 Å². The summed E-state index contributed by atoms with van der Waals surface area (Å²) in [6, 6.07) is 2.98. The van der Waals surface area contributed by atoms with Crippen molar-refractivity contribution in [2.75, 3.05) is 104 Å². The fourth-order valence-corrected chi connectivity index (χ4v) is 9.00. The van der Waals surface area contributed by atoms with Gasteiger partial charge < -0.3 is 36.0 Å². The van der Waals surface area contributed by atoms with E-state index >= 15 is 0 Å². The quantitative estimate of drug-likeness (QED) is 0.0556. The maximum atomic E-state index is 13.9. The van der Waals surface area contributed by atoms with Gasteiger partial charge in [0, 0.05) is 143 Å². The minimum absolute atomic E-state index is 0. The minimum Gasteiger partial charge on any atom is -0.480 e. The van der Waals surface area contributed by atoms with Gasteiger partial charge in [-0.3, -0.25) is 67.7 Å². The van der Waals surface area contributed by atoms with Gasteiger partial charge in [0.25, 0.3) is 5.91 Å². The fraction of sp³-hybridized carbons (Fsp3) is 0.644. The molecule has 384 valence electrons. The maximum Gasteiger partial charge on any atom is 0.326 e. The number of likely N-dealkylation sites (tertiary alicyclic amines) is 1. The number of ketones is 1. The molecule has 1 aromatic carbocycles. The van der Waals surface area contributed by atoms with Crippen LogP contribution in [-0.4, -0.2) is 225 Å². The van der Waals surface area contributed by atoms with Crippen molar-refractivity contribution in [1.82, 2.24) is 40.0 Å². The number of carboxylic acid groups (broad SMARTS) is 4. The number of amides is 5. The van der Waals surface area contributed by atoms with Crippen molar-refractivity contribution < 1.29 is 108 Å². The number of unbranched alkanes of at least 4 members (excludes halogenated alkanes) is 1. The zero-order valence-electron chi connectivity index (χ0n) is 39.3. The first kappa shape index (κ1) is 59.1.